The molecule has 0 unspecified atom stereocenters. The van der Waals surface area contributed by atoms with E-state index in [9.17, 15) is 0 Å². The van der Waals surface area contributed by atoms with Crippen LogP contribution in [0.25, 0.3) is 32.8 Å². The molecule has 4 aromatic rings. The van der Waals surface area contributed by atoms with Crippen molar-refractivity contribution in [1.29, 1.82) is 0 Å². The fourth-order valence-corrected chi connectivity index (χ4v) is 5.58. The lowest BCUT2D eigenvalue weighted by Gasteiger charge is -2.37. The lowest BCUT2D eigenvalue weighted by molar-refractivity contribution is 0.505. The monoisotopic (exact) mass is 378 g/mol. The van der Waals surface area contributed by atoms with E-state index in [1.165, 1.54) is 69.7 Å². The number of pyridine rings is 2. The highest BCUT2D eigenvalue weighted by Gasteiger charge is 2.45. The molecular weight excluding hydrogens is 352 g/mol. The van der Waals surface area contributed by atoms with E-state index in [0.717, 1.165) is 5.69 Å². The van der Waals surface area contributed by atoms with Gasteiger partial charge in [-0.3, -0.25) is 9.97 Å². The van der Waals surface area contributed by atoms with Crippen LogP contribution in [0.5, 0.6) is 0 Å². The van der Waals surface area contributed by atoms with Gasteiger partial charge < -0.3 is 0 Å². The van der Waals surface area contributed by atoms with Gasteiger partial charge in [0.1, 0.15) is 0 Å². The first-order valence-corrected chi connectivity index (χ1v) is 10.8. The highest BCUT2D eigenvalue weighted by molar-refractivity contribution is 6.03. The van der Waals surface area contributed by atoms with E-state index in [-0.39, 0.29) is 10.8 Å². The molecule has 1 fully saturated rings. The zero-order valence-electron chi connectivity index (χ0n) is 17.4. The summed E-state index contributed by atoms with van der Waals surface area (Å²) in [6, 6.07) is 18.0. The predicted octanol–water partition coefficient (Wildman–Crippen LogP) is 6.92. The summed E-state index contributed by atoms with van der Waals surface area (Å²) in [5.41, 5.74) is 6.39. The number of aromatic nitrogens is 2. The summed E-state index contributed by atoms with van der Waals surface area (Å²) in [7, 11) is 0. The van der Waals surface area contributed by atoms with Crippen molar-refractivity contribution in [3.8, 4) is 11.3 Å². The van der Waals surface area contributed by atoms with Gasteiger partial charge in [-0.05, 0) is 58.8 Å². The molecule has 0 radical (unpaired) electrons. The predicted molar refractivity (Wildman–Crippen MR) is 120 cm³/mol. The van der Waals surface area contributed by atoms with Crippen molar-refractivity contribution in [1.82, 2.24) is 9.97 Å². The minimum absolute atomic E-state index is 0.0227. The second kappa shape index (κ2) is 5.66. The summed E-state index contributed by atoms with van der Waals surface area (Å²) in [6.45, 7) is 6.80. The number of hydrogen-bond donors (Lipinski definition) is 0. The number of nitrogens with zero attached hydrogens (tertiary/aromatic N) is 2. The normalized spacial score (nSPS) is 17.2. The van der Waals surface area contributed by atoms with Gasteiger partial charge in [0.2, 0.25) is 0 Å². The van der Waals surface area contributed by atoms with E-state index < -0.39 is 0 Å². The summed E-state index contributed by atoms with van der Waals surface area (Å²) in [5, 5.41) is 5.18. The summed E-state index contributed by atoms with van der Waals surface area (Å²) in [4.78, 5) is 10.3. The van der Waals surface area contributed by atoms with Gasteiger partial charge in [0.25, 0.3) is 0 Å². The van der Waals surface area contributed by atoms with Gasteiger partial charge in [0.15, 0.2) is 0 Å². The Kier molecular flexibility index (Phi) is 3.35. The van der Waals surface area contributed by atoms with Crippen LogP contribution >= 0.6 is 0 Å². The van der Waals surface area contributed by atoms with Gasteiger partial charge in [-0.15, -0.1) is 0 Å². The third-order valence-electron chi connectivity index (χ3n) is 7.08. The van der Waals surface area contributed by atoms with Gasteiger partial charge >= 0.3 is 0 Å². The molecule has 2 heteroatoms. The first-order valence-electron chi connectivity index (χ1n) is 10.8. The standard InChI is InChI=1S/C27H26N2/c1-26(2,3)22-16-19-10-13-28-24-20-14-17-8-4-5-9-18(17)15-21(20)27(11-6-7-12-27)25(29-22)23(19)24/h4-5,8-10,13-16H,6-7,11-12H2,1-3H3. The van der Waals surface area contributed by atoms with Crippen LogP contribution in [-0.2, 0) is 10.8 Å². The maximum absolute atomic E-state index is 5.38. The molecule has 2 heterocycles. The molecule has 2 aliphatic rings. The van der Waals surface area contributed by atoms with E-state index in [0.29, 0.717) is 0 Å². The Labute approximate surface area is 172 Å². The molecule has 2 nitrogen and oxygen atoms in total. The molecule has 0 aliphatic heterocycles. The van der Waals surface area contributed by atoms with Crippen LogP contribution in [0.1, 0.15) is 63.4 Å². The fourth-order valence-electron chi connectivity index (χ4n) is 5.58. The third kappa shape index (κ3) is 2.29. The number of fused-ring (bicyclic) bond motifs is 5. The molecule has 6 rings (SSSR count). The fraction of sp³-hybridized carbons (Fsp3) is 0.333. The van der Waals surface area contributed by atoms with E-state index in [2.05, 4.69) is 69.3 Å². The minimum atomic E-state index is 0.0227. The van der Waals surface area contributed by atoms with Crippen molar-refractivity contribution >= 4 is 21.5 Å². The Bertz CT molecular complexity index is 1290. The summed E-state index contributed by atoms with van der Waals surface area (Å²) in [6.07, 6.45) is 6.87. The average molecular weight is 379 g/mol. The lowest BCUT2D eigenvalue weighted by Crippen LogP contribution is -2.31. The Morgan fingerprint density at radius 1 is 0.862 bits per heavy atom. The molecule has 1 saturated carbocycles. The SMILES string of the molecule is CC(C)(C)c1cc2ccnc3c2c(n1)C1(CCCC1)c1cc2ccccc2cc1-3. The van der Waals surface area contributed by atoms with E-state index in [1.54, 1.807) is 0 Å². The van der Waals surface area contributed by atoms with Crippen LogP contribution in [0.3, 0.4) is 0 Å². The maximum Gasteiger partial charge on any atom is 0.0802 e. The Morgan fingerprint density at radius 2 is 1.59 bits per heavy atom. The van der Waals surface area contributed by atoms with Crippen LogP contribution in [-0.4, -0.2) is 9.97 Å². The van der Waals surface area contributed by atoms with Crippen LogP contribution < -0.4 is 0 Å². The van der Waals surface area contributed by atoms with Crippen molar-refractivity contribution < 1.29 is 0 Å². The quantitative estimate of drug-likeness (QED) is 0.332. The van der Waals surface area contributed by atoms with E-state index >= 15 is 0 Å². The third-order valence-corrected chi connectivity index (χ3v) is 7.08. The van der Waals surface area contributed by atoms with Crippen molar-refractivity contribution in [2.45, 2.75) is 57.3 Å². The van der Waals surface area contributed by atoms with Crippen LogP contribution in [0, 0.1) is 0 Å². The van der Waals surface area contributed by atoms with E-state index in [4.69, 9.17) is 9.97 Å². The highest BCUT2D eigenvalue weighted by atomic mass is 14.8. The number of benzene rings is 2. The Balaban J connectivity index is 1.80. The van der Waals surface area contributed by atoms with Crippen LogP contribution in [0.15, 0.2) is 54.7 Å². The zero-order chi connectivity index (χ0) is 19.8. The smallest absolute Gasteiger partial charge is 0.0802 e. The molecule has 0 amide bonds. The van der Waals surface area contributed by atoms with Crippen molar-refractivity contribution in [3.05, 3.63) is 71.7 Å². The zero-order valence-corrected chi connectivity index (χ0v) is 17.4. The first kappa shape index (κ1) is 17.1. The first-order chi connectivity index (χ1) is 14.0. The van der Waals surface area contributed by atoms with Gasteiger partial charge in [-0.25, -0.2) is 0 Å². The molecule has 1 spiro atoms. The summed E-state index contributed by atoms with van der Waals surface area (Å²) < 4.78 is 0. The number of rotatable bonds is 0. The Hall–Kier alpha value is -2.74. The molecule has 2 aromatic carbocycles. The lowest BCUT2D eigenvalue weighted by atomic mass is 9.67. The molecule has 0 saturated heterocycles. The summed E-state index contributed by atoms with van der Waals surface area (Å²) in [5.74, 6) is 0. The molecule has 2 aliphatic carbocycles. The van der Waals surface area contributed by atoms with Crippen molar-refractivity contribution in [2.75, 3.05) is 0 Å². The van der Waals surface area contributed by atoms with Gasteiger partial charge in [-0.2, -0.15) is 0 Å². The molecule has 29 heavy (non-hydrogen) atoms. The van der Waals surface area contributed by atoms with E-state index in [1.807, 2.05) is 6.20 Å². The van der Waals surface area contributed by atoms with Crippen LogP contribution in [0.2, 0.25) is 0 Å². The average Bonchev–Trinajstić information content (AvgIpc) is 3.20. The second-order valence-corrected chi connectivity index (χ2v) is 9.90. The topological polar surface area (TPSA) is 25.8 Å². The van der Waals surface area contributed by atoms with Gasteiger partial charge in [0, 0.05) is 33.7 Å². The molecular formula is C27H26N2. The molecule has 0 N–H and O–H groups in total. The second-order valence-electron chi connectivity index (χ2n) is 9.90. The highest BCUT2D eigenvalue weighted by Crippen LogP contribution is 2.55. The van der Waals surface area contributed by atoms with Crippen LogP contribution in [0.4, 0.5) is 0 Å². The van der Waals surface area contributed by atoms with Crippen molar-refractivity contribution in [3.63, 3.8) is 0 Å². The molecule has 144 valence electrons. The largest absolute Gasteiger partial charge is 0.256 e. The van der Waals surface area contributed by atoms with Crippen molar-refractivity contribution in [2.24, 2.45) is 0 Å². The minimum Gasteiger partial charge on any atom is -0.256 e. The number of hydrogen-bond acceptors (Lipinski definition) is 2. The molecule has 2 aromatic heterocycles. The maximum atomic E-state index is 5.38. The van der Waals surface area contributed by atoms with Gasteiger partial charge in [-0.1, -0.05) is 57.9 Å². The summed E-state index contributed by atoms with van der Waals surface area (Å²) >= 11 is 0. The molecule has 0 atom stereocenters. The molecule has 0 bridgehead atoms. The Morgan fingerprint density at radius 3 is 2.31 bits per heavy atom. The van der Waals surface area contributed by atoms with Gasteiger partial charge in [0.05, 0.1) is 11.4 Å².